The van der Waals surface area contributed by atoms with Crippen LogP contribution in [0.25, 0.3) is 11.0 Å². The first-order valence-corrected chi connectivity index (χ1v) is 7.87. The minimum Gasteiger partial charge on any atom is -0.258 e. The van der Waals surface area contributed by atoms with Gasteiger partial charge in [-0.05, 0) is 42.1 Å². The Balaban J connectivity index is 1.75. The van der Waals surface area contributed by atoms with Crippen LogP contribution >= 0.6 is 11.8 Å². The summed E-state index contributed by atoms with van der Waals surface area (Å²) in [5.41, 5.74) is 0.137. The monoisotopic (exact) mass is 347 g/mol. The molecule has 1 aromatic heterocycles. The molecule has 0 saturated heterocycles. The Morgan fingerprint density at radius 2 is 1.83 bits per heavy atom. The third-order valence-corrected chi connectivity index (χ3v) is 5.37. The molecule has 0 aliphatic heterocycles. The van der Waals surface area contributed by atoms with E-state index in [2.05, 4.69) is 14.9 Å². The molecule has 124 valence electrons. The Hall–Kier alpha value is -1.84. The summed E-state index contributed by atoms with van der Waals surface area (Å²) in [5, 5.41) is 18.2. The van der Waals surface area contributed by atoms with Crippen LogP contribution in [0.15, 0.2) is 21.7 Å². The minimum absolute atomic E-state index is 0.0231. The Morgan fingerprint density at radius 1 is 1.17 bits per heavy atom. The van der Waals surface area contributed by atoms with E-state index in [1.165, 1.54) is 17.8 Å². The fourth-order valence-electron chi connectivity index (χ4n) is 2.76. The topological polar surface area (TPSA) is 82.1 Å². The number of benzene rings is 1. The summed E-state index contributed by atoms with van der Waals surface area (Å²) in [6.45, 7) is 0. The number of hydrogen-bond acceptors (Lipinski definition) is 6. The third kappa shape index (κ3) is 3.26. The van der Waals surface area contributed by atoms with Crippen LogP contribution in [0.4, 0.5) is 18.9 Å². The number of nitro groups is 1. The molecule has 0 atom stereocenters. The number of rotatable bonds is 3. The highest BCUT2D eigenvalue weighted by molar-refractivity contribution is 8.00. The summed E-state index contributed by atoms with van der Waals surface area (Å²) in [7, 11) is 0. The van der Waals surface area contributed by atoms with Gasteiger partial charge < -0.3 is 0 Å². The van der Waals surface area contributed by atoms with E-state index in [0.29, 0.717) is 17.7 Å². The highest BCUT2D eigenvalue weighted by Crippen LogP contribution is 2.43. The molecule has 6 nitrogen and oxygen atoms in total. The number of nitrogens with zero attached hydrogens (tertiary/aromatic N) is 3. The van der Waals surface area contributed by atoms with Gasteiger partial charge >= 0.3 is 11.9 Å². The molecule has 1 heterocycles. The van der Waals surface area contributed by atoms with E-state index >= 15 is 0 Å². The number of fused-ring (bicyclic) bond motifs is 1. The summed E-state index contributed by atoms with van der Waals surface area (Å²) >= 11 is 1.38. The minimum atomic E-state index is -4.13. The van der Waals surface area contributed by atoms with E-state index < -0.39 is 17.0 Å². The highest BCUT2D eigenvalue weighted by Gasteiger charge is 2.41. The lowest BCUT2D eigenvalue weighted by Gasteiger charge is -2.29. The van der Waals surface area contributed by atoms with E-state index in [4.69, 9.17) is 0 Å². The average Bonchev–Trinajstić information content (AvgIpc) is 2.96. The summed E-state index contributed by atoms with van der Waals surface area (Å²) < 4.78 is 42.6. The summed E-state index contributed by atoms with van der Waals surface area (Å²) in [6.07, 6.45) is -3.04. The number of nitro benzene ring substituents is 1. The average molecular weight is 347 g/mol. The molecule has 1 aromatic carbocycles. The van der Waals surface area contributed by atoms with Crippen molar-refractivity contribution in [3.05, 3.63) is 22.2 Å². The summed E-state index contributed by atoms with van der Waals surface area (Å²) in [6, 6.07) is 2.86. The van der Waals surface area contributed by atoms with Crippen molar-refractivity contribution in [1.82, 2.24) is 10.3 Å². The highest BCUT2D eigenvalue weighted by atomic mass is 32.2. The van der Waals surface area contributed by atoms with E-state index in [-0.39, 0.29) is 34.8 Å². The van der Waals surface area contributed by atoms with Crippen LogP contribution in [0.3, 0.4) is 0 Å². The molecular formula is C13H12F3N3O3S. The number of aromatic nitrogens is 2. The molecule has 1 saturated carbocycles. The van der Waals surface area contributed by atoms with Gasteiger partial charge in [-0.3, -0.25) is 10.1 Å². The van der Waals surface area contributed by atoms with Crippen LogP contribution in [-0.2, 0) is 0 Å². The summed E-state index contributed by atoms with van der Waals surface area (Å²) in [5.74, 6) is -1.23. The molecule has 0 bridgehead atoms. The Labute approximate surface area is 132 Å². The van der Waals surface area contributed by atoms with Gasteiger partial charge in [-0.25, -0.2) is 4.63 Å². The lowest BCUT2D eigenvalue weighted by molar-refractivity contribution is -0.383. The normalized spacial score (nSPS) is 22.4. The fourth-order valence-corrected chi connectivity index (χ4v) is 4.02. The number of hydrogen-bond donors (Lipinski definition) is 0. The Bertz CT molecular complexity index is 726. The van der Waals surface area contributed by atoms with Gasteiger partial charge in [0.25, 0.3) is 0 Å². The van der Waals surface area contributed by atoms with E-state index in [9.17, 15) is 23.3 Å². The quantitative estimate of drug-likeness (QED) is 0.606. The maximum atomic E-state index is 12.7. The van der Waals surface area contributed by atoms with Crippen LogP contribution < -0.4 is 0 Å². The van der Waals surface area contributed by atoms with Gasteiger partial charge in [0.05, 0.1) is 10.8 Å². The van der Waals surface area contributed by atoms with Crippen LogP contribution in [0, 0.1) is 16.0 Å². The first kappa shape index (κ1) is 16.0. The number of thioether (sulfide) groups is 1. The molecule has 2 aromatic rings. The number of alkyl halides is 3. The van der Waals surface area contributed by atoms with Crippen molar-refractivity contribution in [2.45, 2.75) is 42.0 Å². The molecule has 1 aliphatic rings. The van der Waals surface area contributed by atoms with Gasteiger partial charge in [0, 0.05) is 16.2 Å². The zero-order chi connectivity index (χ0) is 16.6. The zero-order valence-electron chi connectivity index (χ0n) is 11.7. The Kier molecular flexibility index (Phi) is 4.17. The van der Waals surface area contributed by atoms with Crippen LogP contribution in [0.2, 0.25) is 0 Å². The molecule has 0 radical (unpaired) electrons. The molecule has 10 heteroatoms. The second kappa shape index (κ2) is 5.99. The fraction of sp³-hybridized carbons (Fsp3) is 0.538. The van der Waals surface area contributed by atoms with Crippen molar-refractivity contribution in [3.8, 4) is 0 Å². The molecule has 23 heavy (non-hydrogen) atoms. The lowest BCUT2D eigenvalue weighted by atomic mass is 9.88. The second-order valence-electron chi connectivity index (χ2n) is 5.43. The van der Waals surface area contributed by atoms with E-state index in [1.807, 2.05) is 0 Å². The van der Waals surface area contributed by atoms with Crippen molar-refractivity contribution >= 4 is 28.5 Å². The van der Waals surface area contributed by atoms with Crippen molar-refractivity contribution in [1.29, 1.82) is 0 Å². The number of halogens is 3. The standard InChI is InChI=1S/C13H12F3N3O3S/c14-13(15,16)7-1-3-8(4-2-7)23-10-6-5-9(19(20)21)11-12(10)18-22-17-11/h5-8H,1-4H2. The molecule has 0 spiro atoms. The van der Waals surface area contributed by atoms with Gasteiger partial charge in [0.1, 0.15) is 0 Å². The second-order valence-corrected chi connectivity index (χ2v) is 6.78. The van der Waals surface area contributed by atoms with E-state index in [1.54, 1.807) is 6.07 Å². The smallest absolute Gasteiger partial charge is 0.258 e. The number of non-ortho nitro benzene ring substituents is 1. The maximum Gasteiger partial charge on any atom is 0.391 e. The zero-order valence-corrected chi connectivity index (χ0v) is 12.6. The predicted molar refractivity (Wildman–Crippen MR) is 76.1 cm³/mol. The molecule has 3 rings (SSSR count). The summed E-state index contributed by atoms with van der Waals surface area (Å²) in [4.78, 5) is 11.0. The van der Waals surface area contributed by atoms with Gasteiger partial charge in [-0.2, -0.15) is 13.2 Å². The van der Waals surface area contributed by atoms with Crippen molar-refractivity contribution in [2.24, 2.45) is 5.92 Å². The van der Waals surface area contributed by atoms with Gasteiger partial charge in [-0.15, -0.1) is 11.8 Å². The maximum absolute atomic E-state index is 12.7. The van der Waals surface area contributed by atoms with Gasteiger partial charge in [-0.1, -0.05) is 0 Å². The first-order chi connectivity index (χ1) is 10.9. The Morgan fingerprint density at radius 3 is 2.43 bits per heavy atom. The first-order valence-electron chi connectivity index (χ1n) is 6.99. The molecule has 0 amide bonds. The van der Waals surface area contributed by atoms with Crippen LogP contribution in [0.1, 0.15) is 25.7 Å². The SMILES string of the molecule is O=[N+]([O-])c1ccc(SC2CCC(C(F)(F)F)CC2)c2nonc12. The molecular weight excluding hydrogens is 335 g/mol. The molecule has 1 aliphatic carbocycles. The van der Waals surface area contributed by atoms with Crippen molar-refractivity contribution in [2.75, 3.05) is 0 Å². The van der Waals surface area contributed by atoms with Crippen molar-refractivity contribution < 1.29 is 22.7 Å². The van der Waals surface area contributed by atoms with Gasteiger partial charge in [0.15, 0.2) is 5.52 Å². The van der Waals surface area contributed by atoms with E-state index in [0.717, 1.165) is 0 Å². The van der Waals surface area contributed by atoms with Crippen molar-refractivity contribution in [3.63, 3.8) is 0 Å². The van der Waals surface area contributed by atoms with Crippen LogP contribution in [-0.4, -0.2) is 26.7 Å². The molecule has 0 unspecified atom stereocenters. The lowest BCUT2D eigenvalue weighted by Crippen LogP contribution is -2.28. The molecule has 0 N–H and O–H groups in total. The molecule has 1 fully saturated rings. The largest absolute Gasteiger partial charge is 0.391 e. The third-order valence-electron chi connectivity index (χ3n) is 3.98. The van der Waals surface area contributed by atoms with Crippen LogP contribution in [0.5, 0.6) is 0 Å². The van der Waals surface area contributed by atoms with Gasteiger partial charge in [0.2, 0.25) is 5.52 Å². The predicted octanol–water partition coefficient (Wildman–Crippen LogP) is 4.34.